The van der Waals surface area contributed by atoms with Gasteiger partial charge in [0, 0.05) is 11.6 Å². The Labute approximate surface area is 99.0 Å². The van der Waals surface area contributed by atoms with Gasteiger partial charge >= 0.3 is 0 Å². The van der Waals surface area contributed by atoms with Crippen LogP contribution in [0.3, 0.4) is 0 Å². The molecule has 1 heterocycles. The van der Waals surface area contributed by atoms with Crippen molar-refractivity contribution >= 4 is 50.8 Å². The minimum absolute atomic E-state index is 0. The Balaban J connectivity index is 0.000000980. The van der Waals surface area contributed by atoms with Crippen molar-refractivity contribution < 1.29 is 4.39 Å². The summed E-state index contributed by atoms with van der Waals surface area (Å²) in [6, 6.07) is 2.57. The quantitative estimate of drug-likeness (QED) is 0.694. The molecular weight excluding hydrogens is 294 g/mol. The van der Waals surface area contributed by atoms with E-state index in [4.69, 9.17) is 11.6 Å². The van der Waals surface area contributed by atoms with Gasteiger partial charge in [0.1, 0.15) is 5.82 Å². The van der Waals surface area contributed by atoms with E-state index in [2.05, 4.69) is 25.9 Å². The van der Waals surface area contributed by atoms with Crippen molar-refractivity contribution in [2.45, 2.75) is 0 Å². The molecule has 2 rings (SSSR count). The first kappa shape index (κ1) is 11.6. The van der Waals surface area contributed by atoms with E-state index in [0.29, 0.717) is 15.6 Å². The van der Waals surface area contributed by atoms with Crippen LogP contribution in [-0.4, -0.2) is 9.97 Å². The Morgan fingerprint density at radius 2 is 2.07 bits per heavy atom. The third kappa shape index (κ3) is 2.13. The van der Waals surface area contributed by atoms with E-state index < -0.39 is 0 Å². The lowest BCUT2D eigenvalue weighted by atomic mass is 10.2. The number of fused-ring (bicyclic) bond motifs is 1. The van der Waals surface area contributed by atoms with Crippen molar-refractivity contribution in [1.29, 1.82) is 0 Å². The minimum Gasteiger partial charge on any atom is -0.230 e. The monoisotopic (exact) mass is 296 g/mol. The average molecular weight is 298 g/mol. The summed E-state index contributed by atoms with van der Waals surface area (Å²) >= 11 is 8.89. The van der Waals surface area contributed by atoms with Gasteiger partial charge in [0.2, 0.25) is 0 Å². The van der Waals surface area contributed by atoms with Crippen LogP contribution in [0.5, 0.6) is 0 Å². The maximum Gasteiger partial charge on any atom is 0.197 e. The molecule has 74 valence electrons. The fourth-order valence-corrected chi connectivity index (χ4v) is 1.58. The second-order valence-electron chi connectivity index (χ2n) is 2.46. The summed E-state index contributed by atoms with van der Waals surface area (Å²) in [4.78, 5) is 7.89. The lowest BCUT2D eigenvalue weighted by Gasteiger charge is -1.99. The zero-order valence-corrected chi connectivity index (χ0v) is 9.83. The highest BCUT2D eigenvalue weighted by Crippen LogP contribution is 2.23. The summed E-state index contributed by atoms with van der Waals surface area (Å²) in [6.07, 6.45) is 1.52. The number of hydrogen-bond acceptors (Lipinski definition) is 2. The third-order valence-electron chi connectivity index (χ3n) is 1.57. The Morgan fingerprint density at radius 1 is 1.36 bits per heavy atom. The summed E-state index contributed by atoms with van der Waals surface area (Å²) in [5.41, 5.74) is 0.546. The van der Waals surface area contributed by atoms with Gasteiger partial charge < -0.3 is 0 Å². The van der Waals surface area contributed by atoms with Gasteiger partial charge in [0.25, 0.3) is 0 Å². The highest BCUT2D eigenvalue weighted by atomic mass is 79.9. The molecule has 14 heavy (non-hydrogen) atoms. The van der Waals surface area contributed by atoms with Gasteiger partial charge in [0.15, 0.2) is 4.73 Å². The third-order valence-corrected chi connectivity index (χ3v) is 2.24. The van der Waals surface area contributed by atoms with E-state index in [9.17, 15) is 4.39 Å². The number of rotatable bonds is 0. The van der Waals surface area contributed by atoms with Crippen molar-refractivity contribution in [3.63, 3.8) is 0 Å². The lowest BCUT2D eigenvalue weighted by molar-refractivity contribution is 0.629. The van der Waals surface area contributed by atoms with E-state index in [0.717, 1.165) is 0 Å². The normalized spacial score (nSPS) is 9.93. The van der Waals surface area contributed by atoms with Crippen LogP contribution in [0.15, 0.2) is 23.1 Å². The van der Waals surface area contributed by atoms with E-state index in [1.165, 1.54) is 18.3 Å². The molecule has 2 aromatic rings. The summed E-state index contributed by atoms with van der Waals surface area (Å²) in [5, 5.41) is 0.881. The van der Waals surface area contributed by atoms with Crippen LogP contribution >= 0.6 is 39.9 Å². The topological polar surface area (TPSA) is 25.8 Å². The molecule has 0 aliphatic rings. The summed E-state index contributed by atoms with van der Waals surface area (Å²) < 4.78 is 13.3. The second-order valence-corrected chi connectivity index (χ2v) is 3.58. The van der Waals surface area contributed by atoms with Gasteiger partial charge in [-0.15, -0.1) is 12.4 Å². The van der Waals surface area contributed by atoms with E-state index in [1.807, 2.05) is 0 Å². The zero-order valence-electron chi connectivity index (χ0n) is 6.67. The molecule has 0 N–H and O–H groups in total. The summed E-state index contributed by atoms with van der Waals surface area (Å²) in [6.45, 7) is 0. The maximum absolute atomic E-state index is 12.8. The molecule has 0 amide bonds. The first-order chi connectivity index (χ1) is 6.16. The van der Waals surface area contributed by atoms with Gasteiger partial charge in [0.05, 0.1) is 10.5 Å². The van der Waals surface area contributed by atoms with Gasteiger partial charge in [-0.25, -0.2) is 14.4 Å². The summed E-state index contributed by atoms with van der Waals surface area (Å²) in [5.74, 6) is -0.386. The molecule has 6 heteroatoms. The number of benzene rings is 1. The molecule has 1 aromatic carbocycles. The molecule has 0 aliphatic carbocycles. The first-order valence-corrected chi connectivity index (χ1v) is 4.61. The van der Waals surface area contributed by atoms with Crippen molar-refractivity contribution in [2.75, 3.05) is 0 Å². The van der Waals surface area contributed by atoms with Crippen LogP contribution in [0.25, 0.3) is 10.9 Å². The van der Waals surface area contributed by atoms with E-state index >= 15 is 0 Å². The van der Waals surface area contributed by atoms with Crippen LogP contribution in [0, 0.1) is 5.82 Å². The predicted octanol–water partition coefficient (Wildman–Crippen LogP) is 3.61. The minimum atomic E-state index is -0.386. The van der Waals surface area contributed by atoms with Gasteiger partial charge in [-0.3, -0.25) is 0 Å². The van der Waals surface area contributed by atoms with Crippen LogP contribution in [0.1, 0.15) is 0 Å². The molecule has 1 aromatic heterocycles. The second kappa shape index (κ2) is 4.38. The van der Waals surface area contributed by atoms with Crippen LogP contribution in [0.4, 0.5) is 4.39 Å². The van der Waals surface area contributed by atoms with Crippen LogP contribution in [0.2, 0.25) is 5.02 Å². The van der Waals surface area contributed by atoms with Gasteiger partial charge in [-0.1, -0.05) is 11.6 Å². The van der Waals surface area contributed by atoms with Crippen LogP contribution in [-0.2, 0) is 0 Å². The molecular formula is C8H4BrCl2FN2. The summed E-state index contributed by atoms with van der Waals surface area (Å²) in [7, 11) is 0. The Bertz CT molecular complexity index is 478. The molecule has 0 saturated carbocycles. The molecule has 0 aliphatic heterocycles. The Hall–Kier alpha value is -0.450. The molecule has 0 unspecified atom stereocenters. The van der Waals surface area contributed by atoms with Crippen molar-refractivity contribution in [2.24, 2.45) is 0 Å². The number of nitrogens with zero attached hydrogens (tertiary/aromatic N) is 2. The highest BCUT2D eigenvalue weighted by Gasteiger charge is 2.04. The molecule has 2 nitrogen and oxygen atoms in total. The van der Waals surface area contributed by atoms with Crippen molar-refractivity contribution in [3.8, 4) is 0 Å². The predicted molar refractivity (Wildman–Crippen MR) is 59.5 cm³/mol. The fourth-order valence-electron chi connectivity index (χ4n) is 1.05. The van der Waals surface area contributed by atoms with Gasteiger partial charge in [-0.2, -0.15) is 0 Å². The molecule has 0 bridgehead atoms. The Morgan fingerprint density at radius 3 is 2.79 bits per heavy atom. The number of halogens is 4. The molecule has 0 fully saturated rings. The van der Waals surface area contributed by atoms with E-state index in [1.54, 1.807) is 0 Å². The number of hydrogen-bond donors (Lipinski definition) is 0. The highest BCUT2D eigenvalue weighted by molar-refractivity contribution is 9.10. The first-order valence-electron chi connectivity index (χ1n) is 3.44. The Kier molecular flexibility index (Phi) is 3.64. The molecule has 0 saturated heterocycles. The van der Waals surface area contributed by atoms with Crippen LogP contribution < -0.4 is 0 Å². The fraction of sp³-hybridized carbons (Fsp3) is 0. The van der Waals surface area contributed by atoms with Gasteiger partial charge in [-0.05, 0) is 28.1 Å². The largest absolute Gasteiger partial charge is 0.230 e. The van der Waals surface area contributed by atoms with Crippen molar-refractivity contribution in [3.05, 3.63) is 33.9 Å². The standard InChI is InChI=1S/C8H3BrClFN2.ClH/c9-8-12-3-4-1-5(11)2-6(10)7(4)13-8;/h1-3H;1H. The lowest BCUT2D eigenvalue weighted by Crippen LogP contribution is -1.86. The van der Waals surface area contributed by atoms with E-state index in [-0.39, 0.29) is 23.2 Å². The smallest absolute Gasteiger partial charge is 0.197 e. The molecule has 0 atom stereocenters. The average Bonchev–Trinajstić information content (AvgIpc) is 2.06. The SMILES string of the molecule is Cl.Fc1cc(Cl)c2nc(Br)ncc2c1. The van der Waals surface area contributed by atoms with Crippen molar-refractivity contribution in [1.82, 2.24) is 9.97 Å². The molecule has 0 radical (unpaired) electrons. The number of aromatic nitrogens is 2. The molecule has 0 spiro atoms. The maximum atomic E-state index is 12.8. The zero-order chi connectivity index (χ0) is 9.42.